The molecule has 5 heteroatoms. The van der Waals surface area contributed by atoms with E-state index < -0.39 is 0 Å². The second-order valence-electron chi connectivity index (χ2n) is 5.51. The number of nitrogens with zero attached hydrogens (tertiary/aromatic N) is 5. The first kappa shape index (κ1) is 13.6. The molecule has 2 aromatic heterocycles. The van der Waals surface area contributed by atoms with Gasteiger partial charge in [0.15, 0.2) is 5.82 Å². The van der Waals surface area contributed by atoms with Crippen LogP contribution in [0.1, 0.15) is 11.3 Å². The molecule has 0 radical (unpaired) electrons. The largest absolute Gasteiger partial charge is 0.221 e. The monoisotopic (exact) mass is 301 g/mol. The molecule has 0 atom stereocenters. The zero-order chi connectivity index (χ0) is 15.8. The molecule has 0 saturated heterocycles. The van der Waals surface area contributed by atoms with Crippen molar-refractivity contribution in [1.29, 1.82) is 0 Å². The van der Waals surface area contributed by atoms with Gasteiger partial charge in [-0.05, 0) is 26.0 Å². The highest BCUT2D eigenvalue weighted by Crippen LogP contribution is 2.21. The van der Waals surface area contributed by atoms with Gasteiger partial charge in [0.2, 0.25) is 5.65 Å². The average Bonchev–Trinajstić information content (AvgIpc) is 2.93. The minimum absolute atomic E-state index is 0.615. The summed E-state index contributed by atoms with van der Waals surface area (Å²) in [6.07, 6.45) is 0. The smallest absolute Gasteiger partial charge is 0.204 e. The maximum atomic E-state index is 4.65. The van der Waals surface area contributed by atoms with Crippen LogP contribution in [0.5, 0.6) is 0 Å². The first-order valence-electron chi connectivity index (χ1n) is 7.45. The van der Waals surface area contributed by atoms with Crippen molar-refractivity contribution in [3.63, 3.8) is 0 Å². The first-order valence-corrected chi connectivity index (χ1v) is 7.45. The molecule has 4 aromatic rings. The van der Waals surface area contributed by atoms with Gasteiger partial charge in [0, 0.05) is 5.56 Å². The summed E-state index contributed by atoms with van der Waals surface area (Å²) in [4.78, 5) is 4.65. The molecular formula is C18H15N5. The van der Waals surface area contributed by atoms with Crippen LogP contribution in [0.25, 0.3) is 28.2 Å². The lowest BCUT2D eigenvalue weighted by molar-refractivity contribution is 0.863. The fraction of sp³-hybridized carbons (Fsp3) is 0.111. The maximum absolute atomic E-state index is 4.65. The van der Waals surface area contributed by atoms with Gasteiger partial charge in [-0.1, -0.05) is 48.0 Å². The number of aryl methyl sites for hydroxylation is 2. The Hall–Kier alpha value is -3.08. The first-order chi connectivity index (χ1) is 11.2. The lowest BCUT2D eigenvalue weighted by atomic mass is 10.2. The molecule has 2 heterocycles. The van der Waals surface area contributed by atoms with E-state index in [9.17, 15) is 0 Å². The number of aromatic nitrogens is 5. The van der Waals surface area contributed by atoms with Gasteiger partial charge in [-0.2, -0.15) is 5.10 Å². The van der Waals surface area contributed by atoms with Crippen molar-refractivity contribution in [3.05, 3.63) is 65.9 Å². The van der Waals surface area contributed by atoms with Crippen molar-refractivity contribution in [2.24, 2.45) is 0 Å². The Morgan fingerprint density at radius 1 is 0.826 bits per heavy atom. The van der Waals surface area contributed by atoms with Gasteiger partial charge >= 0.3 is 0 Å². The zero-order valence-corrected chi connectivity index (χ0v) is 12.9. The van der Waals surface area contributed by atoms with Crippen LogP contribution < -0.4 is 0 Å². The van der Waals surface area contributed by atoms with Crippen molar-refractivity contribution in [2.45, 2.75) is 13.8 Å². The second kappa shape index (κ2) is 5.28. The van der Waals surface area contributed by atoms with E-state index in [0.29, 0.717) is 11.5 Å². The highest BCUT2D eigenvalue weighted by molar-refractivity contribution is 5.76. The molecule has 0 N–H and O–H groups in total. The van der Waals surface area contributed by atoms with Crippen LogP contribution in [-0.2, 0) is 0 Å². The minimum atomic E-state index is 0.615. The molecule has 0 aliphatic rings. The van der Waals surface area contributed by atoms with Crippen molar-refractivity contribution in [2.75, 3.05) is 0 Å². The van der Waals surface area contributed by atoms with Gasteiger partial charge in [0.25, 0.3) is 0 Å². The summed E-state index contributed by atoms with van der Waals surface area (Å²) in [7, 11) is 0. The molecule has 0 amide bonds. The summed E-state index contributed by atoms with van der Waals surface area (Å²) in [6.45, 7) is 4.00. The van der Waals surface area contributed by atoms with E-state index in [-0.39, 0.29) is 0 Å². The summed E-state index contributed by atoms with van der Waals surface area (Å²) in [5.41, 5.74) is 5.40. The minimum Gasteiger partial charge on any atom is -0.221 e. The Kier molecular flexibility index (Phi) is 3.12. The lowest BCUT2D eigenvalue weighted by Gasteiger charge is -2.03. The molecule has 0 spiro atoms. The van der Waals surface area contributed by atoms with Crippen LogP contribution in [0.3, 0.4) is 0 Å². The third kappa shape index (κ3) is 2.36. The van der Waals surface area contributed by atoms with Gasteiger partial charge < -0.3 is 0 Å². The third-order valence-electron chi connectivity index (χ3n) is 3.77. The summed E-state index contributed by atoms with van der Waals surface area (Å²) >= 11 is 0. The highest BCUT2D eigenvalue weighted by atomic mass is 15.3. The third-order valence-corrected chi connectivity index (χ3v) is 3.77. The van der Waals surface area contributed by atoms with Crippen LogP contribution in [0.4, 0.5) is 0 Å². The zero-order valence-electron chi connectivity index (χ0n) is 12.9. The maximum Gasteiger partial charge on any atom is 0.204 e. The van der Waals surface area contributed by atoms with Crippen LogP contribution in [0.2, 0.25) is 0 Å². The lowest BCUT2D eigenvalue weighted by Crippen LogP contribution is -2.00. The number of hydrogen-bond acceptors (Lipinski definition) is 4. The molecule has 23 heavy (non-hydrogen) atoms. The fourth-order valence-corrected chi connectivity index (χ4v) is 2.53. The second-order valence-corrected chi connectivity index (χ2v) is 5.51. The topological polar surface area (TPSA) is 56.5 Å². The van der Waals surface area contributed by atoms with E-state index in [1.807, 2.05) is 49.4 Å². The van der Waals surface area contributed by atoms with E-state index >= 15 is 0 Å². The van der Waals surface area contributed by atoms with Gasteiger partial charge in [0.1, 0.15) is 5.52 Å². The Bertz CT molecular complexity index is 972. The Morgan fingerprint density at radius 2 is 1.57 bits per heavy atom. The molecule has 0 aliphatic heterocycles. The van der Waals surface area contributed by atoms with E-state index in [4.69, 9.17) is 0 Å². The van der Waals surface area contributed by atoms with Crippen LogP contribution in [-0.4, -0.2) is 25.0 Å². The molecule has 0 saturated carbocycles. The van der Waals surface area contributed by atoms with Gasteiger partial charge in [-0.3, -0.25) is 0 Å². The van der Waals surface area contributed by atoms with Crippen LogP contribution in [0, 0.1) is 13.8 Å². The summed E-state index contributed by atoms with van der Waals surface area (Å²) in [6, 6.07) is 18.0. The predicted molar refractivity (Wildman–Crippen MR) is 89.4 cm³/mol. The van der Waals surface area contributed by atoms with Crippen molar-refractivity contribution < 1.29 is 0 Å². The summed E-state index contributed by atoms with van der Waals surface area (Å²) in [5.74, 6) is 0.615. The molecule has 0 aliphatic carbocycles. The Balaban J connectivity index is 1.88. The molecular weight excluding hydrogens is 286 g/mol. The molecule has 0 unspecified atom stereocenters. The van der Waals surface area contributed by atoms with E-state index in [1.54, 1.807) is 4.68 Å². The number of rotatable bonds is 2. The van der Waals surface area contributed by atoms with Crippen molar-refractivity contribution >= 4 is 11.2 Å². The quantitative estimate of drug-likeness (QED) is 0.568. The average molecular weight is 301 g/mol. The molecule has 0 bridgehead atoms. The summed E-state index contributed by atoms with van der Waals surface area (Å²) < 4.78 is 1.79. The Labute approximate surface area is 133 Å². The molecule has 112 valence electrons. The number of hydrogen-bond donors (Lipinski definition) is 0. The molecule has 0 fully saturated rings. The van der Waals surface area contributed by atoms with E-state index in [1.165, 1.54) is 5.56 Å². The van der Waals surface area contributed by atoms with Gasteiger partial charge in [0.05, 0.1) is 11.4 Å². The Morgan fingerprint density at radius 3 is 2.30 bits per heavy atom. The van der Waals surface area contributed by atoms with E-state index in [0.717, 1.165) is 22.5 Å². The summed E-state index contributed by atoms with van der Waals surface area (Å²) in [5, 5.41) is 13.2. The SMILES string of the molecule is Cc1ccc(-n2nc(C)c3nc(-c4ccccc4)nnc32)cc1. The normalized spacial score (nSPS) is 11.0. The number of benzene rings is 2. The van der Waals surface area contributed by atoms with Gasteiger partial charge in [-0.25, -0.2) is 9.67 Å². The van der Waals surface area contributed by atoms with Crippen LogP contribution >= 0.6 is 0 Å². The number of fused-ring (bicyclic) bond motifs is 1. The fourth-order valence-electron chi connectivity index (χ4n) is 2.53. The molecule has 4 rings (SSSR count). The van der Waals surface area contributed by atoms with Crippen molar-refractivity contribution in [3.8, 4) is 17.1 Å². The molecule has 5 nitrogen and oxygen atoms in total. The van der Waals surface area contributed by atoms with Gasteiger partial charge in [-0.15, -0.1) is 10.2 Å². The standard InChI is InChI=1S/C18H15N5/c1-12-8-10-15(11-9-12)23-18-16(13(2)22-23)19-17(20-21-18)14-6-4-3-5-7-14/h3-11H,1-2H3. The van der Waals surface area contributed by atoms with Crippen LogP contribution in [0.15, 0.2) is 54.6 Å². The van der Waals surface area contributed by atoms with Crippen molar-refractivity contribution in [1.82, 2.24) is 25.0 Å². The highest BCUT2D eigenvalue weighted by Gasteiger charge is 2.14. The molecule has 2 aromatic carbocycles. The van der Waals surface area contributed by atoms with E-state index in [2.05, 4.69) is 39.3 Å². The predicted octanol–water partition coefficient (Wildman–Crippen LogP) is 3.49.